The summed E-state index contributed by atoms with van der Waals surface area (Å²) in [7, 11) is -2.59. The first-order valence-corrected chi connectivity index (χ1v) is 12.5. The van der Waals surface area contributed by atoms with Crippen LogP contribution in [0.5, 0.6) is 5.75 Å². The van der Waals surface area contributed by atoms with Gasteiger partial charge in [0.1, 0.15) is 10.6 Å². The third-order valence-corrected chi connectivity index (χ3v) is 7.14. The molecule has 8 heteroatoms. The highest BCUT2D eigenvalue weighted by Gasteiger charge is 2.24. The molecule has 0 aliphatic rings. The maximum absolute atomic E-state index is 13.2. The zero-order valence-electron chi connectivity index (χ0n) is 18.1. The second-order valence-corrected chi connectivity index (χ2v) is 9.76. The monoisotopic (exact) mass is 470 g/mol. The largest absolute Gasteiger partial charge is 0.495 e. The summed E-state index contributed by atoms with van der Waals surface area (Å²) in [4.78, 5) is 15.7. The van der Waals surface area contributed by atoms with Crippen LogP contribution in [0.25, 0.3) is 0 Å². The number of nitrogens with zero attached hydrogens (tertiary/aromatic N) is 1. The summed E-state index contributed by atoms with van der Waals surface area (Å²) in [6.07, 6.45) is 2.51. The molecule has 3 rings (SSSR count). The molecule has 6 nitrogen and oxygen atoms in total. The highest BCUT2D eigenvalue weighted by Crippen LogP contribution is 2.28. The van der Waals surface area contributed by atoms with Gasteiger partial charge >= 0.3 is 0 Å². The van der Waals surface area contributed by atoms with Gasteiger partial charge in [0, 0.05) is 22.7 Å². The van der Waals surface area contributed by atoms with E-state index in [0.29, 0.717) is 18.8 Å². The summed E-state index contributed by atoms with van der Waals surface area (Å²) in [5, 5.41) is 1.95. The summed E-state index contributed by atoms with van der Waals surface area (Å²) in [5.41, 5.74) is 1.80. The zero-order valence-corrected chi connectivity index (χ0v) is 19.7. The molecule has 0 radical (unpaired) electrons. The standard InChI is InChI=1S/C24H26N2O4S2/c1-4-14-26(17-21-7-6-15-31-21)24(27)19-10-13-22(30-3)23(16-19)32(28,29)25-20-11-8-18(5-2)9-12-20/h4,6-13,15-16,25H,1,5,14,17H2,2-3H3. The lowest BCUT2D eigenvalue weighted by atomic mass is 10.2. The molecule has 0 unspecified atom stereocenters. The molecule has 0 bridgehead atoms. The lowest BCUT2D eigenvalue weighted by Gasteiger charge is -2.21. The molecule has 0 aliphatic carbocycles. The minimum Gasteiger partial charge on any atom is -0.495 e. The van der Waals surface area contributed by atoms with E-state index in [4.69, 9.17) is 4.74 Å². The van der Waals surface area contributed by atoms with E-state index < -0.39 is 10.0 Å². The number of anilines is 1. The van der Waals surface area contributed by atoms with E-state index in [1.54, 1.807) is 40.5 Å². The van der Waals surface area contributed by atoms with Gasteiger partial charge in [0.05, 0.1) is 13.7 Å². The van der Waals surface area contributed by atoms with E-state index >= 15 is 0 Å². The van der Waals surface area contributed by atoms with Crippen molar-refractivity contribution >= 4 is 33.0 Å². The lowest BCUT2D eigenvalue weighted by molar-refractivity contribution is 0.0764. The number of hydrogen-bond acceptors (Lipinski definition) is 5. The molecular weight excluding hydrogens is 444 g/mol. The molecule has 0 saturated heterocycles. The molecule has 1 aromatic heterocycles. The number of carbonyl (C=O) groups excluding carboxylic acids is 1. The third kappa shape index (κ3) is 5.57. The van der Waals surface area contributed by atoms with Crippen LogP contribution in [0.1, 0.15) is 27.7 Å². The molecule has 0 fully saturated rings. The van der Waals surface area contributed by atoms with E-state index in [9.17, 15) is 13.2 Å². The van der Waals surface area contributed by atoms with Gasteiger partial charge in [-0.05, 0) is 53.8 Å². The molecule has 168 valence electrons. The van der Waals surface area contributed by atoms with Gasteiger partial charge in [0.25, 0.3) is 15.9 Å². The molecule has 1 heterocycles. The number of aryl methyl sites for hydroxylation is 1. The Morgan fingerprint density at radius 2 is 1.94 bits per heavy atom. The van der Waals surface area contributed by atoms with Crippen LogP contribution in [-0.2, 0) is 23.0 Å². The Balaban J connectivity index is 1.92. The van der Waals surface area contributed by atoms with E-state index in [1.165, 1.54) is 19.2 Å². The minimum atomic E-state index is -3.98. The van der Waals surface area contributed by atoms with E-state index in [-0.39, 0.29) is 22.1 Å². The fourth-order valence-corrected chi connectivity index (χ4v) is 5.16. The highest BCUT2D eigenvalue weighted by molar-refractivity contribution is 7.92. The Hall–Kier alpha value is -3.10. The number of amides is 1. The van der Waals surface area contributed by atoms with Crippen LogP contribution in [-0.4, -0.2) is 32.9 Å². The van der Waals surface area contributed by atoms with Crippen molar-refractivity contribution < 1.29 is 17.9 Å². The number of methoxy groups -OCH3 is 1. The fraction of sp³-hybridized carbons (Fsp3) is 0.208. The van der Waals surface area contributed by atoms with Crippen LogP contribution in [0.15, 0.2) is 77.5 Å². The van der Waals surface area contributed by atoms with Gasteiger partial charge in [0.2, 0.25) is 0 Å². The number of hydrogen-bond donors (Lipinski definition) is 1. The van der Waals surface area contributed by atoms with E-state index in [0.717, 1.165) is 16.9 Å². The van der Waals surface area contributed by atoms with Crippen LogP contribution in [0.2, 0.25) is 0 Å². The van der Waals surface area contributed by atoms with Crippen LogP contribution in [0, 0.1) is 0 Å². The van der Waals surface area contributed by atoms with Gasteiger partial charge in [-0.15, -0.1) is 17.9 Å². The number of rotatable bonds is 10. The van der Waals surface area contributed by atoms with Crippen molar-refractivity contribution in [3.05, 3.63) is 88.6 Å². The maximum atomic E-state index is 13.2. The highest BCUT2D eigenvalue weighted by atomic mass is 32.2. The first-order valence-electron chi connectivity index (χ1n) is 10.1. The van der Waals surface area contributed by atoms with Crippen molar-refractivity contribution in [2.24, 2.45) is 0 Å². The summed E-state index contributed by atoms with van der Waals surface area (Å²) in [5.74, 6) is -0.127. The molecule has 1 N–H and O–H groups in total. The maximum Gasteiger partial charge on any atom is 0.265 e. The lowest BCUT2D eigenvalue weighted by Crippen LogP contribution is -2.30. The van der Waals surface area contributed by atoms with Crippen molar-refractivity contribution in [1.29, 1.82) is 0 Å². The molecule has 3 aromatic rings. The smallest absolute Gasteiger partial charge is 0.265 e. The molecule has 0 atom stereocenters. The van der Waals surface area contributed by atoms with Crippen molar-refractivity contribution in [2.45, 2.75) is 24.8 Å². The molecule has 2 aromatic carbocycles. The van der Waals surface area contributed by atoms with Crippen molar-refractivity contribution in [1.82, 2.24) is 4.90 Å². The topological polar surface area (TPSA) is 75.7 Å². The van der Waals surface area contributed by atoms with Gasteiger partial charge in [-0.3, -0.25) is 9.52 Å². The fourth-order valence-electron chi connectivity index (χ4n) is 3.19. The van der Waals surface area contributed by atoms with Gasteiger partial charge in [0.15, 0.2) is 0 Å². The molecule has 0 saturated carbocycles. The van der Waals surface area contributed by atoms with Crippen LogP contribution in [0.4, 0.5) is 5.69 Å². The van der Waals surface area contributed by atoms with Gasteiger partial charge in [-0.25, -0.2) is 8.42 Å². The van der Waals surface area contributed by atoms with Gasteiger partial charge < -0.3 is 9.64 Å². The van der Waals surface area contributed by atoms with Crippen molar-refractivity contribution in [3.63, 3.8) is 0 Å². The first-order chi connectivity index (χ1) is 15.4. The predicted octanol–water partition coefficient (Wildman–Crippen LogP) is 4.95. The summed E-state index contributed by atoms with van der Waals surface area (Å²) >= 11 is 1.55. The average Bonchev–Trinajstić information content (AvgIpc) is 3.31. The molecule has 0 aliphatic heterocycles. The number of nitrogens with one attached hydrogen (secondary N) is 1. The van der Waals surface area contributed by atoms with Gasteiger partial charge in [-0.2, -0.15) is 0 Å². The SMILES string of the molecule is C=CCN(Cc1cccs1)C(=O)c1ccc(OC)c(S(=O)(=O)Nc2ccc(CC)cc2)c1. The van der Waals surface area contributed by atoms with E-state index in [1.807, 2.05) is 36.6 Å². The number of sulfonamides is 1. The summed E-state index contributed by atoms with van der Waals surface area (Å²) < 4.78 is 34.1. The number of ether oxygens (including phenoxy) is 1. The van der Waals surface area contributed by atoms with Crippen LogP contribution in [0.3, 0.4) is 0 Å². The third-order valence-electron chi connectivity index (χ3n) is 4.88. The quantitative estimate of drug-likeness (QED) is 0.426. The Morgan fingerprint density at radius 1 is 1.19 bits per heavy atom. The molecule has 32 heavy (non-hydrogen) atoms. The number of thiophene rings is 1. The van der Waals surface area contributed by atoms with Crippen LogP contribution >= 0.6 is 11.3 Å². The van der Waals surface area contributed by atoms with E-state index in [2.05, 4.69) is 11.3 Å². The molecule has 0 spiro atoms. The van der Waals surface area contributed by atoms with Crippen molar-refractivity contribution in [3.8, 4) is 5.75 Å². The number of carbonyl (C=O) groups is 1. The predicted molar refractivity (Wildman–Crippen MR) is 129 cm³/mol. The van der Waals surface area contributed by atoms with Crippen molar-refractivity contribution in [2.75, 3.05) is 18.4 Å². The minimum absolute atomic E-state index is 0.0971. The Kier molecular flexibility index (Phi) is 7.71. The Bertz CT molecular complexity index is 1170. The molecular formula is C24H26N2O4S2. The zero-order chi connectivity index (χ0) is 23.1. The molecule has 1 amide bonds. The van der Waals surface area contributed by atoms with Crippen LogP contribution < -0.4 is 9.46 Å². The van der Waals surface area contributed by atoms with Gasteiger partial charge in [-0.1, -0.05) is 31.2 Å². The Labute approximate surface area is 193 Å². The second kappa shape index (κ2) is 10.5. The first kappa shape index (κ1) is 23.6. The average molecular weight is 471 g/mol. The summed E-state index contributed by atoms with van der Waals surface area (Å²) in [6, 6.07) is 15.5. The normalized spacial score (nSPS) is 11.1. The Morgan fingerprint density at radius 3 is 2.53 bits per heavy atom. The summed E-state index contributed by atoms with van der Waals surface area (Å²) in [6.45, 7) is 6.52. The number of benzene rings is 2. The second-order valence-electron chi connectivity index (χ2n) is 7.08.